The van der Waals surface area contributed by atoms with Gasteiger partial charge in [0.15, 0.2) is 0 Å². The van der Waals surface area contributed by atoms with Gasteiger partial charge in [-0.3, -0.25) is 9.59 Å². The van der Waals surface area contributed by atoms with Gasteiger partial charge in [-0.15, -0.1) is 11.8 Å². The molecule has 2 aromatic carbocycles. The van der Waals surface area contributed by atoms with Gasteiger partial charge in [-0.1, -0.05) is 19.1 Å². The highest BCUT2D eigenvalue weighted by molar-refractivity contribution is 8.00. The number of thioether (sulfide) groups is 1. The molecule has 0 saturated carbocycles. The second-order valence-electron chi connectivity index (χ2n) is 6.52. The molecule has 2 amide bonds. The summed E-state index contributed by atoms with van der Waals surface area (Å²) in [5, 5.41) is 5.17. The Morgan fingerprint density at radius 1 is 1.03 bits per heavy atom. The third kappa shape index (κ3) is 7.62. The summed E-state index contributed by atoms with van der Waals surface area (Å²) in [6.45, 7) is 4.07. The maximum atomic E-state index is 13.0. The van der Waals surface area contributed by atoms with E-state index in [-0.39, 0.29) is 28.8 Å². The fourth-order valence-corrected chi connectivity index (χ4v) is 3.10. The van der Waals surface area contributed by atoms with Crippen LogP contribution in [0.3, 0.4) is 0 Å². The fraction of sp³-hybridized carbons (Fsp3) is 0.333. The van der Waals surface area contributed by atoms with Gasteiger partial charge in [-0.25, -0.2) is 0 Å². The van der Waals surface area contributed by atoms with Crippen LogP contribution in [-0.2, 0) is 15.8 Å². The number of ether oxygens (including phenoxy) is 1. The number of halogens is 3. The summed E-state index contributed by atoms with van der Waals surface area (Å²) in [7, 11) is 0. The van der Waals surface area contributed by atoms with Crippen LogP contribution in [-0.4, -0.2) is 29.9 Å². The van der Waals surface area contributed by atoms with E-state index in [1.54, 1.807) is 6.07 Å². The van der Waals surface area contributed by atoms with Crippen LogP contribution in [0.1, 0.15) is 24.5 Å². The molecule has 0 unspecified atom stereocenters. The molecular formula is C21H23F3N2O3S. The van der Waals surface area contributed by atoms with Crippen LogP contribution in [0.4, 0.5) is 24.5 Å². The van der Waals surface area contributed by atoms with Crippen molar-refractivity contribution in [2.45, 2.75) is 26.4 Å². The maximum Gasteiger partial charge on any atom is 0.416 e. The first kappa shape index (κ1) is 23.6. The van der Waals surface area contributed by atoms with Crippen molar-refractivity contribution in [1.29, 1.82) is 0 Å². The van der Waals surface area contributed by atoms with Gasteiger partial charge in [0.25, 0.3) is 0 Å². The molecule has 0 aliphatic heterocycles. The van der Waals surface area contributed by atoms with Crippen LogP contribution in [0.5, 0.6) is 5.75 Å². The molecular weight excluding hydrogens is 417 g/mol. The smallest absolute Gasteiger partial charge is 0.416 e. The van der Waals surface area contributed by atoms with Gasteiger partial charge in [0.05, 0.1) is 29.4 Å². The Balaban J connectivity index is 1.92. The number of carbonyl (C=O) groups excluding carboxylic acids is 2. The lowest BCUT2D eigenvalue weighted by Crippen LogP contribution is -2.19. The van der Waals surface area contributed by atoms with Gasteiger partial charge in [-0.2, -0.15) is 13.2 Å². The highest BCUT2D eigenvalue weighted by Gasteiger charge is 2.31. The van der Waals surface area contributed by atoms with Crippen molar-refractivity contribution in [3.63, 3.8) is 0 Å². The minimum atomic E-state index is -4.54. The Morgan fingerprint density at radius 2 is 1.73 bits per heavy atom. The van der Waals surface area contributed by atoms with Crippen molar-refractivity contribution in [2.24, 2.45) is 0 Å². The van der Waals surface area contributed by atoms with E-state index >= 15 is 0 Å². The molecule has 0 aliphatic carbocycles. The minimum absolute atomic E-state index is 0.0309. The van der Waals surface area contributed by atoms with E-state index in [4.69, 9.17) is 4.74 Å². The Kier molecular flexibility index (Phi) is 8.58. The Morgan fingerprint density at radius 3 is 2.37 bits per heavy atom. The number of aryl methyl sites for hydroxylation is 1. The van der Waals surface area contributed by atoms with E-state index < -0.39 is 17.6 Å². The van der Waals surface area contributed by atoms with Gasteiger partial charge in [-0.05, 0) is 49.2 Å². The molecule has 2 rings (SSSR count). The standard InChI is InChI=1S/C21H23F3N2O3S/c1-3-9-29-18-8-7-15(21(22,23)24)11-17(18)26-20(28)13-30-12-19(27)25-16-6-4-5-14(2)10-16/h4-8,10-11H,3,9,12-13H2,1-2H3,(H,25,27)(H,26,28). The monoisotopic (exact) mass is 440 g/mol. The molecule has 0 fully saturated rings. The van der Waals surface area contributed by atoms with Crippen molar-refractivity contribution in [3.05, 3.63) is 53.6 Å². The predicted molar refractivity (Wildman–Crippen MR) is 113 cm³/mol. The largest absolute Gasteiger partial charge is 0.491 e. The van der Waals surface area contributed by atoms with Gasteiger partial charge in [0.1, 0.15) is 5.75 Å². The van der Waals surface area contributed by atoms with Gasteiger partial charge >= 0.3 is 6.18 Å². The summed E-state index contributed by atoms with van der Waals surface area (Å²) in [5.41, 5.74) is 0.730. The first-order chi connectivity index (χ1) is 14.2. The van der Waals surface area contributed by atoms with Crippen LogP contribution >= 0.6 is 11.8 Å². The number of nitrogens with one attached hydrogen (secondary N) is 2. The summed E-state index contributed by atoms with van der Waals surface area (Å²) in [6, 6.07) is 10.2. The van der Waals surface area contributed by atoms with Crippen molar-refractivity contribution < 1.29 is 27.5 Å². The molecule has 0 spiro atoms. The Hall–Kier alpha value is -2.68. The Bertz CT molecular complexity index is 888. The number of carbonyl (C=O) groups is 2. The number of anilines is 2. The lowest BCUT2D eigenvalue weighted by atomic mass is 10.1. The van der Waals surface area contributed by atoms with Crippen LogP contribution < -0.4 is 15.4 Å². The average molecular weight is 440 g/mol. The molecule has 9 heteroatoms. The Labute approximate surface area is 177 Å². The fourth-order valence-electron chi connectivity index (χ4n) is 2.48. The lowest BCUT2D eigenvalue weighted by molar-refractivity contribution is -0.137. The molecule has 0 radical (unpaired) electrons. The normalized spacial score (nSPS) is 11.1. The molecule has 30 heavy (non-hydrogen) atoms. The number of benzene rings is 2. The van der Waals surface area contributed by atoms with Crippen molar-refractivity contribution >= 4 is 35.0 Å². The second-order valence-corrected chi connectivity index (χ2v) is 7.50. The molecule has 0 saturated heterocycles. The summed E-state index contributed by atoms with van der Waals surface area (Å²) >= 11 is 1.06. The van der Waals surface area contributed by atoms with Gasteiger partial charge in [0, 0.05) is 5.69 Å². The predicted octanol–water partition coefficient (Wildman–Crippen LogP) is 5.11. The van der Waals surface area contributed by atoms with Crippen LogP contribution in [0, 0.1) is 6.92 Å². The second kappa shape index (κ2) is 10.9. The van der Waals surface area contributed by atoms with Crippen molar-refractivity contribution in [3.8, 4) is 5.75 Å². The van der Waals surface area contributed by atoms with E-state index in [0.29, 0.717) is 18.7 Å². The SMILES string of the molecule is CCCOc1ccc(C(F)(F)F)cc1NC(=O)CSCC(=O)Nc1cccc(C)c1. The number of rotatable bonds is 9. The molecule has 5 nitrogen and oxygen atoms in total. The lowest BCUT2D eigenvalue weighted by Gasteiger charge is -2.15. The number of amides is 2. The number of hydrogen-bond acceptors (Lipinski definition) is 4. The maximum absolute atomic E-state index is 13.0. The van der Waals surface area contributed by atoms with Crippen LogP contribution in [0.2, 0.25) is 0 Å². The zero-order valence-corrected chi connectivity index (χ0v) is 17.5. The number of hydrogen-bond donors (Lipinski definition) is 2. The summed E-state index contributed by atoms with van der Waals surface area (Å²) in [6.07, 6.45) is -3.87. The highest BCUT2D eigenvalue weighted by atomic mass is 32.2. The van der Waals surface area contributed by atoms with Gasteiger partial charge < -0.3 is 15.4 Å². The minimum Gasteiger partial charge on any atom is -0.491 e. The molecule has 0 aliphatic rings. The molecule has 0 heterocycles. The van der Waals surface area contributed by atoms with E-state index in [1.165, 1.54) is 6.07 Å². The van der Waals surface area contributed by atoms with E-state index in [2.05, 4.69) is 10.6 Å². The zero-order chi connectivity index (χ0) is 22.1. The topological polar surface area (TPSA) is 67.4 Å². The van der Waals surface area contributed by atoms with Gasteiger partial charge in [0.2, 0.25) is 11.8 Å². The van der Waals surface area contributed by atoms with Crippen molar-refractivity contribution in [1.82, 2.24) is 0 Å². The first-order valence-electron chi connectivity index (χ1n) is 9.27. The molecule has 2 N–H and O–H groups in total. The molecule has 0 bridgehead atoms. The van der Waals surface area contributed by atoms with E-state index in [9.17, 15) is 22.8 Å². The van der Waals surface area contributed by atoms with E-state index in [1.807, 2.05) is 32.0 Å². The third-order valence-corrected chi connectivity index (χ3v) is 4.74. The highest BCUT2D eigenvalue weighted by Crippen LogP contribution is 2.35. The molecule has 0 aromatic heterocycles. The third-order valence-electron chi connectivity index (χ3n) is 3.81. The average Bonchev–Trinajstić information content (AvgIpc) is 2.66. The zero-order valence-electron chi connectivity index (χ0n) is 16.6. The van der Waals surface area contributed by atoms with E-state index in [0.717, 1.165) is 29.5 Å². The molecule has 2 aromatic rings. The summed E-state index contributed by atoms with van der Waals surface area (Å²) < 4.78 is 44.4. The summed E-state index contributed by atoms with van der Waals surface area (Å²) in [5.74, 6) is -0.692. The summed E-state index contributed by atoms with van der Waals surface area (Å²) in [4.78, 5) is 24.2. The quantitative estimate of drug-likeness (QED) is 0.569. The van der Waals surface area contributed by atoms with Crippen molar-refractivity contribution in [2.75, 3.05) is 28.7 Å². The first-order valence-corrected chi connectivity index (χ1v) is 10.4. The number of alkyl halides is 3. The molecule has 162 valence electrons. The van der Waals surface area contributed by atoms with Crippen LogP contribution in [0.15, 0.2) is 42.5 Å². The van der Waals surface area contributed by atoms with Crippen LogP contribution in [0.25, 0.3) is 0 Å². The molecule has 0 atom stereocenters.